The molecule has 102 valence electrons. The third-order valence-corrected chi connectivity index (χ3v) is 3.42. The van der Waals surface area contributed by atoms with Gasteiger partial charge in [-0.05, 0) is 34.1 Å². The number of hydrogen-bond acceptors (Lipinski definition) is 4. The number of nitrogens with zero attached hydrogens (tertiary/aromatic N) is 1. The van der Waals surface area contributed by atoms with E-state index in [-0.39, 0.29) is 23.4 Å². The van der Waals surface area contributed by atoms with Crippen LogP contribution in [0.5, 0.6) is 0 Å². The standard InChI is InChI=1S/C13H21NO4/c1-5-17-10(15)9-6-13(9)7-14(8-13)11(16)18-12(2,3)4/h9H,5-8H2,1-4H3/t9-/m0/s1. The van der Waals surface area contributed by atoms with Gasteiger partial charge in [0.2, 0.25) is 0 Å². The van der Waals surface area contributed by atoms with E-state index in [0.717, 1.165) is 6.42 Å². The molecule has 1 saturated carbocycles. The van der Waals surface area contributed by atoms with Gasteiger partial charge in [-0.15, -0.1) is 0 Å². The third-order valence-electron chi connectivity index (χ3n) is 3.42. The maximum atomic E-state index is 11.7. The summed E-state index contributed by atoms with van der Waals surface area (Å²) in [5.74, 6) is -0.141. The molecule has 0 aromatic heterocycles. The van der Waals surface area contributed by atoms with Crippen LogP contribution in [0, 0.1) is 11.3 Å². The Morgan fingerprint density at radius 1 is 1.33 bits per heavy atom. The smallest absolute Gasteiger partial charge is 0.410 e. The van der Waals surface area contributed by atoms with Crippen LogP contribution in [0.4, 0.5) is 4.79 Å². The summed E-state index contributed by atoms with van der Waals surface area (Å²) in [7, 11) is 0. The molecule has 0 aromatic carbocycles. The molecule has 2 aliphatic rings. The molecule has 1 amide bonds. The minimum absolute atomic E-state index is 0.0108. The topological polar surface area (TPSA) is 55.8 Å². The lowest BCUT2D eigenvalue weighted by atomic mass is 9.94. The Labute approximate surface area is 107 Å². The second kappa shape index (κ2) is 4.14. The van der Waals surface area contributed by atoms with Crippen LogP contribution in [0.1, 0.15) is 34.1 Å². The zero-order valence-electron chi connectivity index (χ0n) is 11.5. The summed E-state index contributed by atoms with van der Waals surface area (Å²) in [5.41, 5.74) is -0.479. The highest BCUT2D eigenvalue weighted by Gasteiger charge is 2.66. The van der Waals surface area contributed by atoms with Gasteiger partial charge >= 0.3 is 12.1 Å². The molecule has 1 heterocycles. The molecule has 0 aromatic rings. The fraction of sp³-hybridized carbons (Fsp3) is 0.846. The highest BCUT2D eigenvalue weighted by Crippen LogP contribution is 2.59. The number of carbonyl (C=O) groups excluding carboxylic acids is 2. The molecule has 0 radical (unpaired) electrons. The first-order valence-corrected chi connectivity index (χ1v) is 6.42. The van der Waals surface area contributed by atoms with Crippen molar-refractivity contribution in [3.8, 4) is 0 Å². The second-order valence-electron chi connectivity index (χ2n) is 6.21. The maximum absolute atomic E-state index is 11.7. The van der Waals surface area contributed by atoms with Gasteiger partial charge in [-0.2, -0.15) is 0 Å². The Balaban J connectivity index is 1.78. The van der Waals surface area contributed by atoms with E-state index in [9.17, 15) is 9.59 Å². The number of amides is 1. The number of carbonyl (C=O) groups is 2. The molecule has 1 spiro atoms. The Morgan fingerprint density at radius 2 is 1.94 bits per heavy atom. The van der Waals surface area contributed by atoms with Crippen LogP contribution in [0.25, 0.3) is 0 Å². The largest absolute Gasteiger partial charge is 0.466 e. The van der Waals surface area contributed by atoms with Crippen molar-refractivity contribution >= 4 is 12.1 Å². The van der Waals surface area contributed by atoms with Crippen molar-refractivity contribution in [2.75, 3.05) is 19.7 Å². The van der Waals surface area contributed by atoms with Crippen molar-refractivity contribution in [2.24, 2.45) is 11.3 Å². The van der Waals surface area contributed by atoms with E-state index in [1.807, 2.05) is 20.8 Å². The molecule has 1 aliphatic carbocycles. The van der Waals surface area contributed by atoms with Crippen molar-refractivity contribution in [1.82, 2.24) is 4.90 Å². The SMILES string of the molecule is CCOC(=O)[C@@H]1CC12CN(C(=O)OC(C)(C)C)C2. The van der Waals surface area contributed by atoms with Crippen LogP contribution in [0.2, 0.25) is 0 Å². The van der Waals surface area contributed by atoms with Crippen LogP contribution < -0.4 is 0 Å². The average Bonchev–Trinajstić information content (AvgIpc) is 2.87. The summed E-state index contributed by atoms with van der Waals surface area (Å²) >= 11 is 0. The first kappa shape index (κ1) is 13.2. The molecule has 1 atom stereocenters. The van der Waals surface area contributed by atoms with E-state index < -0.39 is 5.60 Å². The molecule has 0 N–H and O–H groups in total. The van der Waals surface area contributed by atoms with Gasteiger partial charge in [0.15, 0.2) is 0 Å². The molecule has 5 heteroatoms. The second-order valence-corrected chi connectivity index (χ2v) is 6.21. The van der Waals surface area contributed by atoms with Crippen LogP contribution in [0.3, 0.4) is 0 Å². The zero-order chi connectivity index (χ0) is 13.6. The van der Waals surface area contributed by atoms with Gasteiger partial charge < -0.3 is 14.4 Å². The fourth-order valence-corrected chi connectivity index (χ4v) is 2.44. The summed E-state index contributed by atoms with van der Waals surface area (Å²) in [5, 5.41) is 0. The molecule has 1 aliphatic heterocycles. The average molecular weight is 255 g/mol. The lowest BCUT2D eigenvalue weighted by Crippen LogP contribution is -2.54. The van der Waals surface area contributed by atoms with Crippen molar-refractivity contribution in [1.29, 1.82) is 0 Å². The Morgan fingerprint density at radius 3 is 2.44 bits per heavy atom. The van der Waals surface area contributed by atoms with Gasteiger partial charge in [0, 0.05) is 18.5 Å². The lowest BCUT2D eigenvalue weighted by Gasteiger charge is -2.40. The summed E-state index contributed by atoms with van der Waals surface area (Å²) in [6.07, 6.45) is 0.549. The predicted molar refractivity (Wildman–Crippen MR) is 65.0 cm³/mol. The maximum Gasteiger partial charge on any atom is 0.410 e. The number of hydrogen-bond donors (Lipinski definition) is 0. The third kappa shape index (κ3) is 2.44. The van der Waals surface area contributed by atoms with E-state index in [2.05, 4.69) is 0 Å². The molecular formula is C13H21NO4. The Bertz CT molecular complexity index is 366. The lowest BCUT2D eigenvalue weighted by molar-refractivity contribution is -0.146. The van der Waals surface area contributed by atoms with E-state index in [4.69, 9.17) is 9.47 Å². The molecule has 5 nitrogen and oxygen atoms in total. The minimum Gasteiger partial charge on any atom is -0.466 e. The van der Waals surface area contributed by atoms with Crippen molar-refractivity contribution in [3.63, 3.8) is 0 Å². The first-order chi connectivity index (χ1) is 8.27. The molecule has 18 heavy (non-hydrogen) atoms. The Kier molecular flexibility index (Phi) is 3.03. The van der Waals surface area contributed by atoms with Crippen LogP contribution in [0.15, 0.2) is 0 Å². The monoisotopic (exact) mass is 255 g/mol. The van der Waals surface area contributed by atoms with Gasteiger partial charge in [-0.1, -0.05) is 0 Å². The first-order valence-electron chi connectivity index (χ1n) is 6.42. The number of ether oxygens (including phenoxy) is 2. The number of esters is 1. The number of likely N-dealkylation sites (tertiary alicyclic amines) is 1. The molecule has 0 unspecified atom stereocenters. The summed E-state index contributed by atoms with van der Waals surface area (Å²) in [4.78, 5) is 25.0. The summed E-state index contributed by atoms with van der Waals surface area (Å²) in [6, 6.07) is 0. The molecule has 2 rings (SSSR count). The van der Waals surface area contributed by atoms with Gasteiger partial charge in [-0.25, -0.2) is 4.79 Å². The van der Waals surface area contributed by atoms with E-state index >= 15 is 0 Å². The number of rotatable bonds is 2. The molecule has 2 fully saturated rings. The molecule has 1 saturated heterocycles. The molecule has 0 bridgehead atoms. The van der Waals surface area contributed by atoms with Crippen molar-refractivity contribution < 1.29 is 19.1 Å². The molecular weight excluding hydrogens is 234 g/mol. The van der Waals surface area contributed by atoms with Crippen molar-refractivity contribution in [2.45, 2.75) is 39.7 Å². The van der Waals surface area contributed by atoms with Crippen molar-refractivity contribution in [3.05, 3.63) is 0 Å². The van der Waals surface area contributed by atoms with Crippen LogP contribution in [-0.4, -0.2) is 42.3 Å². The minimum atomic E-state index is -0.468. The fourth-order valence-electron chi connectivity index (χ4n) is 2.44. The zero-order valence-corrected chi connectivity index (χ0v) is 11.5. The quantitative estimate of drug-likeness (QED) is 0.706. The highest BCUT2D eigenvalue weighted by molar-refractivity contribution is 5.79. The van der Waals surface area contributed by atoms with Crippen LogP contribution >= 0.6 is 0 Å². The van der Waals surface area contributed by atoms with Gasteiger partial charge in [0.05, 0.1) is 12.5 Å². The normalized spacial score (nSPS) is 24.4. The van der Waals surface area contributed by atoms with E-state index in [1.165, 1.54) is 0 Å². The van der Waals surface area contributed by atoms with Crippen LogP contribution in [-0.2, 0) is 14.3 Å². The van der Waals surface area contributed by atoms with Gasteiger partial charge in [-0.3, -0.25) is 4.79 Å². The van der Waals surface area contributed by atoms with Gasteiger partial charge in [0.25, 0.3) is 0 Å². The summed E-state index contributed by atoms with van der Waals surface area (Å²) in [6.45, 7) is 9.00. The Hall–Kier alpha value is -1.26. The van der Waals surface area contributed by atoms with Gasteiger partial charge in [0.1, 0.15) is 5.60 Å². The van der Waals surface area contributed by atoms with E-state index in [1.54, 1.807) is 11.8 Å². The van der Waals surface area contributed by atoms with E-state index in [0.29, 0.717) is 19.7 Å². The predicted octanol–water partition coefficient (Wildman–Crippen LogP) is 1.81. The highest BCUT2D eigenvalue weighted by atomic mass is 16.6. The summed E-state index contributed by atoms with van der Waals surface area (Å²) < 4.78 is 10.3.